The number of hydrogen-bond donors (Lipinski definition) is 2. The van der Waals surface area contributed by atoms with E-state index in [-0.39, 0.29) is 17.9 Å². The number of aromatic nitrogens is 1. The van der Waals surface area contributed by atoms with Crippen LogP contribution in [0.5, 0.6) is 0 Å². The Morgan fingerprint density at radius 1 is 1.25 bits per heavy atom. The first-order valence-electron chi connectivity index (χ1n) is 10.9. The standard InChI is InChI=1S/C24H32N4O3S/c1-15(17-8-10-18(11-9-17)20-16(2)26-14-32-20)27-22(30)19-7-6-12-28(19)23(31)21(25-13-29)24(3,4)5/h8-11,13-15,19,21H,6-7,12H2,1-5H3,(H,25,29)(H,27,30). The minimum absolute atomic E-state index is 0.163. The lowest BCUT2D eigenvalue weighted by Gasteiger charge is -2.34. The first-order valence-corrected chi connectivity index (χ1v) is 11.8. The molecule has 1 fully saturated rings. The van der Waals surface area contributed by atoms with Crippen molar-refractivity contribution in [3.05, 3.63) is 41.0 Å². The van der Waals surface area contributed by atoms with Crippen LogP contribution >= 0.6 is 11.3 Å². The summed E-state index contributed by atoms with van der Waals surface area (Å²) in [6, 6.07) is 6.73. The van der Waals surface area contributed by atoms with Crippen LogP contribution in [0.3, 0.4) is 0 Å². The molecule has 0 saturated carbocycles. The van der Waals surface area contributed by atoms with Gasteiger partial charge in [0.1, 0.15) is 12.1 Å². The molecule has 2 aromatic rings. The second-order valence-electron chi connectivity index (χ2n) is 9.39. The molecule has 2 heterocycles. The fourth-order valence-electron chi connectivity index (χ4n) is 4.12. The molecule has 32 heavy (non-hydrogen) atoms. The monoisotopic (exact) mass is 456 g/mol. The van der Waals surface area contributed by atoms with Gasteiger partial charge in [-0.15, -0.1) is 11.3 Å². The third-order valence-electron chi connectivity index (χ3n) is 5.96. The van der Waals surface area contributed by atoms with Crippen LogP contribution in [-0.4, -0.2) is 46.7 Å². The Labute approximate surface area is 193 Å². The van der Waals surface area contributed by atoms with Crippen molar-refractivity contribution in [3.8, 4) is 10.4 Å². The topological polar surface area (TPSA) is 91.4 Å². The second kappa shape index (κ2) is 9.81. The number of likely N-dealkylation sites (tertiary alicyclic amines) is 1. The molecular weight excluding hydrogens is 424 g/mol. The lowest BCUT2D eigenvalue weighted by atomic mass is 9.85. The molecule has 3 amide bonds. The number of rotatable bonds is 7. The maximum atomic E-state index is 13.2. The number of benzene rings is 1. The van der Waals surface area contributed by atoms with Crippen molar-refractivity contribution in [1.29, 1.82) is 0 Å². The van der Waals surface area contributed by atoms with Crippen LogP contribution in [-0.2, 0) is 14.4 Å². The first kappa shape index (κ1) is 23.9. The third kappa shape index (κ3) is 5.18. The summed E-state index contributed by atoms with van der Waals surface area (Å²) in [7, 11) is 0. The van der Waals surface area contributed by atoms with E-state index in [4.69, 9.17) is 0 Å². The number of nitrogens with one attached hydrogen (secondary N) is 2. The molecule has 1 saturated heterocycles. The van der Waals surface area contributed by atoms with E-state index in [1.807, 2.05) is 64.4 Å². The van der Waals surface area contributed by atoms with Gasteiger partial charge in [-0.05, 0) is 43.2 Å². The molecule has 3 atom stereocenters. The van der Waals surface area contributed by atoms with E-state index < -0.39 is 17.5 Å². The lowest BCUT2D eigenvalue weighted by molar-refractivity contribution is -0.143. The smallest absolute Gasteiger partial charge is 0.246 e. The second-order valence-corrected chi connectivity index (χ2v) is 10.2. The van der Waals surface area contributed by atoms with Gasteiger partial charge in [0, 0.05) is 6.54 Å². The van der Waals surface area contributed by atoms with Crippen LogP contribution in [0.2, 0.25) is 0 Å². The van der Waals surface area contributed by atoms with Crippen LogP contribution in [0, 0.1) is 12.3 Å². The van der Waals surface area contributed by atoms with Gasteiger partial charge in [0.25, 0.3) is 0 Å². The molecule has 3 rings (SSSR count). The maximum Gasteiger partial charge on any atom is 0.246 e. The van der Waals surface area contributed by atoms with Gasteiger partial charge in [-0.25, -0.2) is 4.98 Å². The molecule has 3 unspecified atom stereocenters. The molecule has 1 aromatic carbocycles. The third-order valence-corrected chi connectivity index (χ3v) is 6.94. The Bertz CT molecular complexity index is 964. The van der Waals surface area contributed by atoms with Crippen LogP contribution in [0.15, 0.2) is 29.8 Å². The molecule has 8 heteroatoms. The Kier molecular flexibility index (Phi) is 7.33. The Morgan fingerprint density at radius 3 is 2.50 bits per heavy atom. The summed E-state index contributed by atoms with van der Waals surface area (Å²) in [5, 5.41) is 5.70. The fraction of sp³-hybridized carbons (Fsp3) is 0.500. The molecule has 0 bridgehead atoms. The zero-order valence-electron chi connectivity index (χ0n) is 19.3. The van der Waals surface area contributed by atoms with Gasteiger partial charge in [-0.1, -0.05) is 45.0 Å². The molecule has 1 aliphatic rings. The largest absolute Gasteiger partial charge is 0.348 e. The van der Waals surface area contributed by atoms with Gasteiger partial charge in [0.2, 0.25) is 18.2 Å². The normalized spacial score (nSPS) is 18.2. The molecule has 0 aliphatic carbocycles. The van der Waals surface area contributed by atoms with Crippen LogP contribution in [0.4, 0.5) is 0 Å². The summed E-state index contributed by atoms with van der Waals surface area (Å²) in [5.74, 6) is -0.372. The SMILES string of the molecule is Cc1ncsc1-c1ccc(C(C)NC(=O)C2CCCN2C(=O)C(NC=O)C(C)(C)C)cc1. The zero-order chi connectivity index (χ0) is 23.5. The van der Waals surface area contributed by atoms with Crippen molar-refractivity contribution in [1.82, 2.24) is 20.5 Å². The van der Waals surface area contributed by atoms with Crippen molar-refractivity contribution in [2.75, 3.05) is 6.54 Å². The predicted molar refractivity (Wildman–Crippen MR) is 126 cm³/mol. The summed E-state index contributed by atoms with van der Waals surface area (Å²) in [6.07, 6.45) is 1.93. The van der Waals surface area contributed by atoms with Crippen LogP contribution in [0.25, 0.3) is 10.4 Å². The quantitative estimate of drug-likeness (QED) is 0.625. The molecule has 7 nitrogen and oxygen atoms in total. The van der Waals surface area contributed by atoms with Gasteiger partial charge in [0.05, 0.1) is 22.1 Å². The number of aryl methyl sites for hydroxylation is 1. The average Bonchev–Trinajstić information content (AvgIpc) is 3.40. The number of amides is 3. The lowest BCUT2D eigenvalue weighted by Crippen LogP contribution is -2.56. The average molecular weight is 457 g/mol. The van der Waals surface area contributed by atoms with Crippen molar-refractivity contribution >= 4 is 29.6 Å². The van der Waals surface area contributed by atoms with Gasteiger partial charge in [-0.3, -0.25) is 14.4 Å². The van der Waals surface area contributed by atoms with Gasteiger partial charge >= 0.3 is 0 Å². The minimum Gasteiger partial charge on any atom is -0.348 e. The summed E-state index contributed by atoms with van der Waals surface area (Å²) in [4.78, 5) is 44.3. The molecule has 1 aliphatic heterocycles. The van der Waals surface area contributed by atoms with E-state index in [1.165, 1.54) is 0 Å². The van der Waals surface area contributed by atoms with Crippen molar-refractivity contribution in [2.24, 2.45) is 5.41 Å². The zero-order valence-corrected chi connectivity index (χ0v) is 20.2. The van der Waals surface area contributed by atoms with Crippen LogP contribution in [0.1, 0.15) is 57.8 Å². The molecule has 0 radical (unpaired) electrons. The van der Waals surface area contributed by atoms with Crippen molar-refractivity contribution in [3.63, 3.8) is 0 Å². The summed E-state index contributed by atoms with van der Waals surface area (Å²) < 4.78 is 0. The number of carbonyl (C=O) groups is 3. The van der Waals surface area contributed by atoms with Crippen LogP contribution < -0.4 is 10.6 Å². The highest BCUT2D eigenvalue weighted by molar-refractivity contribution is 7.13. The molecular formula is C24H32N4O3S. The maximum absolute atomic E-state index is 13.2. The number of carbonyl (C=O) groups excluding carboxylic acids is 3. The highest BCUT2D eigenvalue weighted by atomic mass is 32.1. The molecule has 0 spiro atoms. The summed E-state index contributed by atoms with van der Waals surface area (Å²) in [6.45, 7) is 10.1. The van der Waals surface area contributed by atoms with Gasteiger partial charge in [0.15, 0.2) is 0 Å². The van der Waals surface area contributed by atoms with Crippen molar-refractivity contribution < 1.29 is 14.4 Å². The first-order chi connectivity index (χ1) is 15.1. The fourth-order valence-corrected chi connectivity index (χ4v) is 4.94. The Balaban J connectivity index is 1.68. The highest BCUT2D eigenvalue weighted by Crippen LogP contribution is 2.29. The Morgan fingerprint density at radius 2 is 1.94 bits per heavy atom. The molecule has 1 aromatic heterocycles. The molecule has 172 valence electrons. The van der Waals surface area contributed by atoms with E-state index >= 15 is 0 Å². The number of nitrogens with zero attached hydrogens (tertiary/aromatic N) is 2. The van der Waals surface area contributed by atoms with E-state index in [0.717, 1.165) is 28.1 Å². The Hall–Kier alpha value is -2.74. The highest BCUT2D eigenvalue weighted by Gasteiger charge is 2.41. The van der Waals surface area contributed by atoms with E-state index in [2.05, 4.69) is 15.6 Å². The van der Waals surface area contributed by atoms with E-state index in [1.54, 1.807) is 16.2 Å². The van der Waals surface area contributed by atoms with E-state index in [9.17, 15) is 14.4 Å². The van der Waals surface area contributed by atoms with E-state index in [0.29, 0.717) is 19.4 Å². The number of hydrogen-bond acceptors (Lipinski definition) is 5. The summed E-state index contributed by atoms with van der Waals surface area (Å²) >= 11 is 1.61. The van der Waals surface area contributed by atoms with Gasteiger partial charge < -0.3 is 15.5 Å². The predicted octanol–water partition coefficient (Wildman–Crippen LogP) is 3.45. The molecule has 2 N–H and O–H groups in total. The number of thiazole rings is 1. The minimum atomic E-state index is -0.673. The summed E-state index contributed by atoms with van der Waals surface area (Å²) in [5.41, 5.74) is 4.50. The van der Waals surface area contributed by atoms with Gasteiger partial charge in [-0.2, -0.15) is 0 Å². The van der Waals surface area contributed by atoms with Crippen molar-refractivity contribution in [2.45, 2.75) is 65.6 Å².